The summed E-state index contributed by atoms with van der Waals surface area (Å²) in [5.41, 5.74) is 1.23. The lowest BCUT2D eigenvalue weighted by Gasteiger charge is -2.30. The van der Waals surface area contributed by atoms with E-state index in [2.05, 4.69) is 16.3 Å². The first kappa shape index (κ1) is 18.4. The highest BCUT2D eigenvalue weighted by molar-refractivity contribution is 5.85. The average molecular weight is 341 g/mol. The van der Waals surface area contributed by atoms with Crippen LogP contribution < -0.4 is 14.8 Å². The minimum Gasteiger partial charge on any atom is -0.497 e. The molecule has 1 unspecified atom stereocenters. The molecule has 3 rings (SSSR count). The van der Waals surface area contributed by atoms with Gasteiger partial charge in [-0.25, -0.2) is 0 Å². The minimum absolute atomic E-state index is 0. The summed E-state index contributed by atoms with van der Waals surface area (Å²) in [7, 11) is 3.47. The van der Waals surface area contributed by atoms with Crippen LogP contribution in [-0.2, 0) is 6.54 Å². The molecule has 1 aromatic rings. The van der Waals surface area contributed by atoms with E-state index in [1.54, 1.807) is 14.2 Å². The standard InChI is InChI=1S/C18H28N2O2.ClH/c1-21-17-7-8-18(22-2)15(10-17)13-20(16-5-6-16)12-14-4-3-9-19-11-14;/h7-8,10,14,16,19H,3-6,9,11-13H2,1-2H3;1H. The summed E-state index contributed by atoms with van der Waals surface area (Å²) in [6.45, 7) is 4.50. The third-order valence-electron chi connectivity index (χ3n) is 4.82. The molecule has 23 heavy (non-hydrogen) atoms. The van der Waals surface area contributed by atoms with Crippen LogP contribution in [0.2, 0.25) is 0 Å². The molecule has 1 atom stereocenters. The van der Waals surface area contributed by atoms with Gasteiger partial charge in [0.2, 0.25) is 0 Å². The molecule has 0 spiro atoms. The molecule has 1 aromatic carbocycles. The van der Waals surface area contributed by atoms with Crippen molar-refractivity contribution in [1.29, 1.82) is 0 Å². The highest BCUT2D eigenvalue weighted by Gasteiger charge is 2.31. The Morgan fingerprint density at radius 2 is 2.00 bits per heavy atom. The monoisotopic (exact) mass is 340 g/mol. The summed E-state index contributed by atoms with van der Waals surface area (Å²) >= 11 is 0. The zero-order chi connectivity index (χ0) is 15.4. The molecular weight excluding hydrogens is 312 g/mol. The van der Waals surface area contributed by atoms with E-state index in [4.69, 9.17) is 9.47 Å². The fourth-order valence-corrected chi connectivity index (χ4v) is 3.42. The number of nitrogens with zero attached hydrogens (tertiary/aromatic N) is 1. The van der Waals surface area contributed by atoms with Crippen molar-refractivity contribution in [2.75, 3.05) is 33.9 Å². The SMILES string of the molecule is COc1ccc(OC)c(CN(CC2CCCNC2)C2CC2)c1.Cl. The molecule has 1 saturated heterocycles. The maximum absolute atomic E-state index is 5.54. The molecule has 0 bridgehead atoms. The van der Waals surface area contributed by atoms with Crippen LogP contribution in [0.3, 0.4) is 0 Å². The first-order valence-electron chi connectivity index (χ1n) is 8.46. The molecule has 2 fully saturated rings. The van der Waals surface area contributed by atoms with Crippen molar-refractivity contribution in [3.05, 3.63) is 23.8 Å². The fraction of sp³-hybridized carbons (Fsp3) is 0.667. The van der Waals surface area contributed by atoms with Crippen molar-refractivity contribution >= 4 is 12.4 Å². The summed E-state index contributed by atoms with van der Waals surface area (Å²) in [5.74, 6) is 2.66. The van der Waals surface area contributed by atoms with Crippen LogP contribution >= 0.6 is 12.4 Å². The average Bonchev–Trinajstić information content (AvgIpc) is 3.40. The maximum atomic E-state index is 5.54. The summed E-state index contributed by atoms with van der Waals surface area (Å²) in [5, 5.41) is 3.53. The predicted octanol–water partition coefficient (Wildman–Crippen LogP) is 3.09. The van der Waals surface area contributed by atoms with Crippen LogP contribution in [0.15, 0.2) is 18.2 Å². The predicted molar refractivity (Wildman–Crippen MR) is 95.8 cm³/mol. The summed E-state index contributed by atoms with van der Waals surface area (Å²) < 4.78 is 10.9. The van der Waals surface area contributed by atoms with Gasteiger partial charge in [0.15, 0.2) is 0 Å². The largest absolute Gasteiger partial charge is 0.497 e. The number of rotatable bonds is 7. The number of methoxy groups -OCH3 is 2. The van der Waals surface area contributed by atoms with Gasteiger partial charge in [0, 0.05) is 24.7 Å². The van der Waals surface area contributed by atoms with Gasteiger partial charge in [0.1, 0.15) is 11.5 Å². The lowest BCUT2D eigenvalue weighted by molar-refractivity contribution is 0.190. The van der Waals surface area contributed by atoms with E-state index in [0.29, 0.717) is 0 Å². The topological polar surface area (TPSA) is 33.7 Å². The van der Waals surface area contributed by atoms with Crippen molar-refractivity contribution in [3.63, 3.8) is 0 Å². The molecule has 1 saturated carbocycles. The smallest absolute Gasteiger partial charge is 0.123 e. The normalized spacial score (nSPS) is 20.9. The Balaban J connectivity index is 0.00000192. The Kier molecular flexibility index (Phi) is 7.00. The second-order valence-electron chi connectivity index (χ2n) is 6.55. The van der Waals surface area contributed by atoms with Crippen LogP contribution in [0.25, 0.3) is 0 Å². The molecule has 0 radical (unpaired) electrons. The third kappa shape index (κ3) is 5.00. The summed E-state index contributed by atoms with van der Waals surface area (Å²) in [6.07, 6.45) is 5.34. The molecule has 2 aliphatic rings. The van der Waals surface area contributed by atoms with E-state index >= 15 is 0 Å². The van der Waals surface area contributed by atoms with E-state index < -0.39 is 0 Å². The number of hydrogen-bond acceptors (Lipinski definition) is 4. The van der Waals surface area contributed by atoms with Gasteiger partial charge in [0.25, 0.3) is 0 Å². The van der Waals surface area contributed by atoms with E-state index in [1.807, 2.05) is 12.1 Å². The fourth-order valence-electron chi connectivity index (χ4n) is 3.42. The second-order valence-corrected chi connectivity index (χ2v) is 6.55. The molecule has 1 aliphatic heterocycles. The van der Waals surface area contributed by atoms with Crippen molar-refractivity contribution in [1.82, 2.24) is 10.2 Å². The van der Waals surface area contributed by atoms with Gasteiger partial charge in [-0.2, -0.15) is 0 Å². The van der Waals surface area contributed by atoms with E-state index in [0.717, 1.165) is 30.0 Å². The Hall–Kier alpha value is -0.970. The molecular formula is C18H29ClN2O2. The maximum Gasteiger partial charge on any atom is 0.123 e. The molecule has 130 valence electrons. The van der Waals surface area contributed by atoms with Gasteiger partial charge in [-0.15, -0.1) is 12.4 Å². The molecule has 1 aliphatic carbocycles. The third-order valence-corrected chi connectivity index (χ3v) is 4.82. The van der Waals surface area contributed by atoms with Crippen LogP contribution in [0.4, 0.5) is 0 Å². The zero-order valence-corrected chi connectivity index (χ0v) is 15.0. The van der Waals surface area contributed by atoms with Gasteiger partial charge >= 0.3 is 0 Å². The second kappa shape index (κ2) is 8.76. The summed E-state index contributed by atoms with van der Waals surface area (Å²) in [6, 6.07) is 6.86. The first-order valence-corrected chi connectivity index (χ1v) is 8.46. The van der Waals surface area contributed by atoms with Crippen LogP contribution in [0.1, 0.15) is 31.2 Å². The lowest BCUT2D eigenvalue weighted by atomic mass is 9.98. The number of piperidine rings is 1. The van der Waals surface area contributed by atoms with Crippen molar-refractivity contribution in [2.45, 2.75) is 38.3 Å². The molecule has 1 heterocycles. The van der Waals surface area contributed by atoms with Crippen LogP contribution in [-0.4, -0.2) is 44.8 Å². The molecule has 1 N–H and O–H groups in total. The number of nitrogens with one attached hydrogen (secondary N) is 1. The van der Waals surface area contributed by atoms with Crippen LogP contribution in [0, 0.1) is 5.92 Å². The van der Waals surface area contributed by atoms with Gasteiger partial charge in [-0.05, 0) is 62.9 Å². The highest BCUT2D eigenvalue weighted by Crippen LogP contribution is 2.33. The molecule has 5 heteroatoms. The van der Waals surface area contributed by atoms with Gasteiger partial charge in [0.05, 0.1) is 14.2 Å². The molecule has 0 aromatic heterocycles. The van der Waals surface area contributed by atoms with Gasteiger partial charge in [-0.1, -0.05) is 0 Å². The zero-order valence-electron chi connectivity index (χ0n) is 14.2. The minimum atomic E-state index is 0. The first-order chi connectivity index (χ1) is 10.8. The Morgan fingerprint density at radius 3 is 2.61 bits per heavy atom. The summed E-state index contributed by atoms with van der Waals surface area (Å²) in [4.78, 5) is 2.65. The quantitative estimate of drug-likeness (QED) is 0.827. The van der Waals surface area contributed by atoms with Gasteiger partial charge < -0.3 is 14.8 Å². The Bertz CT molecular complexity index is 488. The van der Waals surface area contributed by atoms with Crippen LogP contribution in [0.5, 0.6) is 11.5 Å². The number of halogens is 1. The van der Waals surface area contributed by atoms with Crippen molar-refractivity contribution in [3.8, 4) is 11.5 Å². The van der Waals surface area contributed by atoms with E-state index in [1.165, 1.54) is 50.9 Å². The number of benzene rings is 1. The van der Waals surface area contributed by atoms with E-state index in [-0.39, 0.29) is 12.4 Å². The highest BCUT2D eigenvalue weighted by atomic mass is 35.5. The number of ether oxygens (including phenoxy) is 2. The molecule has 0 amide bonds. The van der Waals surface area contributed by atoms with Gasteiger partial charge in [-0.3, -0.25) is 4.90 Å². The lowest BCUT2D eigenvalue weighted by Crippen LogP contribution is -2.39. The number of hydrogen-bond donors (Lipinski definition) is 1. The Labute approximate surface area is 145 Å². The van der Waals surface area contributed by atoms with Crippen molar-refractivity contribution in [2.24, 2.45) is 5.92 Å². The van der Waals surface area contributed by atoms with Crippen molar-refractivity contribution < 1.29 is 9.47 Å². The van der Waals surface area contributed by atoms with E-state index in [9.17, 15) is 0 Å². The molecule has 4 nitrogen and oxygen atoms in total. The Morgan fingerprint density at radius 1 is 1.17 bits per heavy atom.